The number of carbonyl (C=O) groups is 1. The first-order chi connectivity index (χ1) is 8.97. The fourth-order valence-electron chi connectivity index (χ4n) is 1.61. The van der Waals surface area contributed by atoms with Crippen LogP contribution in [0.5, 0.6) is 0 Å². The molecule has 5 heteroatoms. The molecule has 0 atom stereocenters. The second-order valence-corrected chi connectivity index (χ2v) is 5.47. The molecule has 0 heterocycles. The molecule has 1 N–H and O–H groups in total. The molecule has 0 aliphatic rings. The minimum Gasteiger partial charge on any atom is -0.319 e. The zero-order chi connectivity index (χ0) is 14.0. The third-order valence-electron chi connectivity index (χ3n) is 2.56. The Morgan fingerprint density at radius 1 is 1.26 bits per heavy atom. The number of amides is 1. The third kappa shape index (κ3) is 3.36. The van der Waals surface area contributed by atoms with Crippen molar-refractivity contribution in [2.24, 2.45) is 0 Å². The number of halogens is 2. The van der Waals surface area contributed by atoms with Gasteiger partial charge in [-0.05, 0) is 58.7 Å². The van der Waals surface area contributed by atoms with Crippen LogP contribution in [0.2, 0.25) is 0 Å². The summed E-state index contributed by atoms with van der Waals surface area (Å²) in [4.78, 5) is 12.8. The molecule has 0 aliphatic heterocycles. The first kappa shape index (κ1) is 14.1. The molecular formula is C14H11BrFNOS. The van der Waals surface area contributed by atoms with E-state index in [-0.39, 0.29) is 11.6 Å². The Labute approximate surface area is 124 Å². The second-order valence-electron chi connectivity index (χ2n) is 4.10. The molecule has 0 fully saturated rings. The van der Waals surface area contributed by atoms with Gasteiger partial charge in [0.1, 0.15) is 5.82 Å². The van der Waals surface area contributed by atoms with E-state index in [9.17, 15) is 9.18 Å². The maximum Gasteiger partial charge on any atom is 0.256 e. The van der Waals surface area contributed by atoms with E-state index in [0.717, 1.165) is 5.56 Å². The van der Waals surface area contributed by atoms with Crippen LogP contribution in [0.15, 0.2) is 45.8 Å². The van der Waals surface area contributed by atoms with Crippen LogP contribution in [-0.2, 0) is 0 Å². The number of hydrogen-bond acceptors (Lipinski definition) is 2. The van der Waals surface area contributed by atoms with Crippen LogP contribution in [0.25, 0.3) is 0 Å². The Hall–Kier alpha value is -1.33. The molecule has 1 amide bonds. The molecule has 0 aliphatic carbocycles. The van der Waals surface area contributed by atoms with Gasteiger partial charge in [0.15, 0.2) is 0 Å². The molecule has 0 bridgehead atoms. The topological polar surface area (TPSA) is 29.1 Å². The number of aryl methyl sites for hydroxylation is 1. The van der Waals surface area contributed by atoms with Crippen LogP contribution in [0.3, 0.4) is 0 Å². The standard InChI is InChI=1S/C14H11BrFNOS/c1-8-2-5-12(16)13(6-8)17-14(18)10-7-9(19)3-4-11(10)15/h2-7,19H,1H3,(H,17,18). The molecule has 0 aromatic heterocycles. The highest BCUT2D eigenvalue weighted by atomic mass is 79.9. The quantitative estimate of drug-likeness (QED) is 0.778. The van der Waals surface area contributed by atoms with Crippen LogP contribution in [-0.4, -0.2) is 5.91 Å². The van der Waals surface area contributed by atoms with E-state index in [2.05, 4.69) is 33.9 Å². The highest BCUT2D eigenvalue weighted by molar-refractivity contribution is 9.10. The average Bonchev–Trinajstić information content (AvgIpc) is 2.36. The molecule has 2 nitrogen and oxygen atoms in total. The van der Waals surface area contributed by atoms with Crippen LogP contribution in [0, 0.1) is 12.7 Å². The fraction of sp³-hybridized carbons (Fsp3) is 0.0714. The Morgan fingerprint density at radius 3 is 2.74 bits per heavy atom. The highest BCUT2D eigenvalue weighted by Gasteiger charge is 2.12. The lowest BCUT2D eigenvalue weighted by Crippen LogP contribution is -2.13. The second kappa shape index (κ2) is 5.75. The van der Waals surface area contributed by atoms with E-state index < -0.39 is 5.82 Å². The number of thiol groups is 1. The van der Waals surface area contributed by atoms with Crippen molar-refractivity contribution in [2.75, 3.05) is 5.32 Å². The third-order valence-corrected chi connectivity index (χ3v) is 3.53. The molecule has 0 saturated carbocycles. The van der Waals surface area contributed by atoms with Gasteiger partial charge < -0.3 is 5.32 Å². The minimum absolute atomic E-state index is 0.168. The Bertz CT molecular complexity index is 645. The van der Waals surface area contributed by atoms with Gasteiger partial charge in [-0.25, -0.2) is 4.39 Å². The van der Waals surface area contributed by atoms with Gasteiger partial charge in [0.25, 0.3) is 5.91 Å². The number of carbonyl (C=O) groups excluding carboxylic acids is 1. The predicted octanol–water partition coefficient (Wildman–Crippen LogP) is 4.44. The average molecular weight is 340 g/mol. The molecule has 0 spiro atoms. The van der Waals surface area contributed by atoms with Gasteiger partial charge in [-0.2, -0.15) is 0 Å². The van der Waals surface area contributed by atoms with Crippen LogP contribution in [0.4, 0.5) is 10.1 Å². The zero-order valence-corrected chi connectivity index (χ0v) is 12.6. The Morgan fingerprint density at radius 2 is 2.00 bits per heavy atom. The van der Waals surface area contributed by atoms with Crippen molar-refractivity contribution < 1.29 is 9.18 Å². The van der Waals surface area contributed by atoms with E-state index in [4.69, 9.17) is 0 Å². The smallest absolute Gasteiger partial charge is 0.256 e. The van der Waals surface area contributed by atoms with E-state index in [1.165, 1.54) is 6.07 Å². The first-order valence-electron chi connectivity index (χ1n) is 5.53. The van der Waals surface area contributed by atoms with Crippen molar-refractivity contribution in [3.05, 3.63) is 57.8 Å². The largest absolute Gasteiger partial charge is 0.319 e. The van der Waals surface area contributed by atoms with Gasteiger partial charge in [-0.15, -0.1) is 12.6 Å². The summed E-state index contributed by atoms with van der Waals surface area (Å²) in [5.41, 5.74) is 1.45. The lowest BCUT2D eigenvalue weighted by Gasteiger charge is -2.09. The summed E-state index contributed by atoms with van der Waals surface area (Å²) in [6.07, 6.45) is 0. The molecule has 2 aromatic rings. The number of nitrogens with one attached hydrogen (secondary N) is 1. The SMILES string of the molecule is Cc1ccc(F)c(NC(=O)c2cc(S)ccc2Br)c1. The summed E-state index contributed by atoms with van der Waals surface area (Å²) in [7, 11) is 0. The van der Waals surface area contributed by atoms with Crippen LogP contribution >= 0.6 is 28.6 Å². The van der Waals surface area contributed by atoms with Gasteiger partial charge in [0.05, 0.1) is 11.3 Å². The van der Waals surface area contributed by atoms with E-state index in [1.54, 1.807) is 30.3 Å². The molecule has 2 aromatic carbocycles. The monoisotopic (exact) mass is 339 g/mol. The van der Waals surface area contributed by atoms with Gasteiger partial charge in [-0.1, -0.05) is 6.07 Å². The zero-order valence-electron chi connectivity index (χ0n) is 10.1. The number of anilines is 1. The van der Waals surface area contributed by atoms with Gasteiger partial charge in [0.2, 0.25) is 0 Å². The summed E-state index contributed by atoms with van der Waals surface area (Å²) in [6.45, 7) is 1.83. The normalized spacial score (nSPS) is 10.3. The molecule has 98 valence electrons. The van der Waals surface area contributed by atoms with Crippen molar-refractivity contribution in [3.63, 3.8) is 0 Å². The van der Waals surface area contributed by atoms with E-state index in [0.29, 0.717) is 14.9 Å². The molecule has 0 saturated heterocycles. The lowest BCUT2D eigenvalue weighted by molar-refractivity contribution is 0.102. The number of hydrogen-bond donors (Lipinski definition) is 2. The molecular weight excluding hydrogens is 329 g/mol. The molecule has 19 heavy (non-hydrogen) atoms. The summed E-state index contributed by atoms with van der Waals surface area (Å²) in [6, 6.07) is 9.67. The molecule has 0 unspecified atom stereocenters. The minimum atomic E-state index is -0.461. The van der Waals surface area contributed by atoms with Gasteiger partial charge in [0, 0.05) is 9.37 Å². The van der Waals surface area contributed by atoms with Crippen molar-refractivity contribution >= 4 is 40.2 Å². The van der Waals surface area contributed by atoms with Crippen LogP contribution in [0.1, 0.15) is 15.9 Å². The summed E-state index contributed by atoms with van der Waals surface area (Å²) in [5, 5.41) is 2.56. The Balaban J connectivity index is 2.30. The lowest BCUT2D eigenvalue weighted by atomic mass is 10.2. The molecule has 2 rings (SSSR count). The number of benzene rings is 2. The predicted molar refractivity (Wildman–Crippen MR) is 80.5 cm³/mol. The maximum atomic E-state index is 13.6. The molecule has 0 radical (unpaired) electrons. The van der Waals surface area contributed by atoms with Crippen molar-refractivity contribution in [1.29, 1.82) is 0 Å². The highest BCUT2D eigenvalue weighted by Crippen LogP contribution is 2.22. The van der Waals surface area contributed by atoms with E-state index in [1.807, 2.05) is 6.92 Å². The first-order valence-corrected chi connectivity index (χ1v) is 6.77. The van der Waals surface area contributed by atoms with Crippen molar-refractivity contribution in [3.8, 4) is 0 Å². The fourth-order valence-corrected chi connectivity index (χ4v) is 2.24. The Kier molecular flexibility index (Phi) is 4.27. The van der Waals surface area contributed by atoms with E-state index >= 15 is 0 Å². The van der Waals surface area contributed by atoms with Gasteiger partial charge in [-0.3, -0.25) is 4.79 Å². The van der Waals surface area contributed by atoms with Crippen molar-refractivity contribution in [2.45, 2.75) is 11.8 Å². The van der Waals surface area contributed by atoms with Crippen molar-refractivity contribution in [1.82, 2.24) is 0 Å². The summed E-state index contributed by atoms with van der Waals surface area (Å²) < 4.78 is 14.2. The number of rotatable bonds is 2. The maximum absolute atomic E-state index is 13.6. The summed E-state index contributed by atoms with van der Waals surface area (Å²) in [5.74, 6) is -0.843. The summed E-state index contributed by atoms with van der Waals surface area (Å²) >= 11 is 7.47. The van der Waals surface area contributed by atoms with Crippen LogP contribution < -0.4 is 5.32 Å². The van der Waals surface area contributed by atoms with Gasteiger partial charge >= 0.3 is 0 Å².